The van der Waals surface area contributed by atoms with E-state index in [0.717, 1.165) is 6.33 Å². The molecule has 0 aromatic carbocycles. The molecule has 2 fully saturated rings. The van der Waals surface area contributed by atoms with Crippen LogP contribution >= 0.6 is 0 Å². The number of ether oxygens (including phenoxy) is 5. The highest BCUT2D eigenvalue weighted by atomic mass is 19.1. The molecule has 0 aliphatic carbocycles. The predicted octanol–water partition coefficient (Wildman–Crippen LogP) is 1.53. The first-order chi connectivity index (χ1) is 18.0. The molecule has 2 aromatic heterocycles. The number of halogens is 2. The summed E-state index contributed by atoms with van der Waals surface area (Å²) in [6.45, 7) is 0.123. The largest absolute Gasteiger partial charge is 0.508 e. The first kappa shape index (κ1) is 27.0. The van der Waals surface area contributed by atoms with Crippen LogP contribution in [0.2, 0.25) is 0 Å². The summed E-state index contributed by atoms with van der Waals surface area (Å²) in [7, 11) is 0. The molecule has 0 bridgehead atoms. The van der Waals surface area contributed by atoms with Crippen LogP contribution in [0.25, 0.3) is 5.52 Å². The molecule has 2 aliphatic heterocycles. The van der Waals surface area contributed by atoms with Gasteiger partial charge in [-0.05, 0) is 17.5 Å². The molecule has 2 N–H and O–H groups in total. The topological polar surface area (TPSA) is 177 Å². The number of fused-ring (bicyclic) bond motifs is 2. The highest BCUT2D eigenvalue weighted by Gasteiger charge is 2.63. The van der Waals surface area contributed by atoms with Crippen molar-refractivity contribution in [1.29, 1.82) is 5.26 Å². The molecule has 4 heterocycles. The third-order valence-electron chi connectivity index (χ3n) is 6.18. The van der Waals surface area contributed by atoms with Gasteiger partial charge in [0.2, 0.25) is 5.60 Å². The Balaban J connectivity index is 1.75. The number of esters is 2. The van der Waals surface area contributed by atoms with Crippen molar-refractivity contribution < 1.29 is 46.8 Å². The number of nitriles is 1. The standard InChI is InChI=1S/C23H25F2N5O8/c1-22(2)5-16(31)36-18-14(9-34-21(33)35-12(7-24)8-25)38-23(10-26,19(18)37-17(32)6-22)15-4-3-13-20(27)28-11-29-30(13)15/h3-4,11-12,14,18-19H,5-9H2,1-2H3,(H2,27,28,29)/t14-,18-,19-,23+/m1/s1. The Bertz CT molecular complexity index is 1280. The fraction of sp³-hybridized carbons (Fsp3) is 0.565. The van der Waals surface area contributed by atoms with E-state index in [2.05, 4.69) is 14.8 Å². The number of rotatable bonds is 6. The van der Waals surface area contributed by atoms with Gasteiger partial charge in [-0.1, -0.05) is 13.8 Å². The van der Waals surface area contributed by atoms with Crippen LogP contribution in [0.4, 0.5) is 19.4 Å². The van der Waals surface area contributed by atoms with Crippen molar-refractivity contribution in [2.24, 2.45) is 5.41 Å². The SMILES string of the molecule is CC1(C)CC(=O)O[C@H]2[C@@H](OC(=O)C1)[C@](C#N)(c1ccc3c(N)ncnn13)O[C@@H]2COC(=O)OC(CF)CF. The summed E-state index contributed by atoms with van der Waals surface area (Å²) in [5, 5.41) is 14.5. The molecule has 0 amide bonds. The van der Waals surface area contributed by atoms with Gasteiger partial charge in [0.1, 0.15) is 44.0 Å². The Labute approximate surface area is 214 Å². The number of hydrogen-bond donors (Lipinski definition) is 1. The van der Waals surface area contributed by atoms with Gasteiger partial charge in [-0.15, -0.1) is 0 Å². The predicted molar refractivity (Wildman–Crippen MR) is 121 cm³/mol. The molecule has 2 aromatic rings. The molecule has 4 rings (SSSR count). The van der Waals surface area contributed by atoms with Gasteiger partial charge in [-0.2, -0.15) is 10.4 Å². The van der Waals surface area contributed by atoms with Crippen molar-refractivity contribution in [2.45, 2.75) is 56.7 Å². The molecular formula is C23H25F2N5O8. The lowest BCUT2D eigenvalue weighted by Crippen LogP contribution is -2.45. The molecule has 2 aliphatic rings. The lowest BCUT2D eigenvalue weighted by molar-refractivity contribution is -0.166. The second-order valence-corrected chi connectivity index (χ2v) is 9.66. The molecule has 15 heteroatoms. The average molecular weight is 537 g/mol. The van der Waals surface area contributed by atoms with Crippen LogP contribution in [-0.4, -0.2) is 77.1 Å². The van der Waals surface area contributed by atoms with E-state index in [4.69, 9.17) is 24.7 Å². The zero-order valence-electron chi connectivity index (χ0n) is 20.5. The van der Waals surface area contributed by atoms with Gasteiger partial charge in [0.05, 0.1) is 18.5 Å². The second kappa shape index (κ2) is 10.4. The Morgan fingerprint density at radius 2 is 1.95 bits per heavy atom. The average Bonchev–Trinajstić information content (AvgIpc) is 3.42. The first-order valence-corrected chi connectivity index (χ1v) is 11.6. The quantitative estimate of drug-likeness (QED) is 0.416. The van der Waals surface area contributed by atoms with E-state index in [1.54, 1.807) is 13.8 Å². The Hall–Kier alpha value is -4.06. The molecule has 13 nitrogen and oxygen atoms in total. The number of nitrogens with two attached hydrogens (primary N) is 1. The van der Waals surface area contributed by atoms with E-state index >= 15 is 0 Å². The van der Waals surface area contributed by atoms with Crippen LogP contribution in [-0.2, 0) is 38.9 Å². The van der Waals surface area contributed by atoms with Gasteiger partial charge >= 0.3 is 18.1 Å². The minimum atomic E-state index is -2.11. The Morgan fingerprint density at radius 1 is 1.26 bits per heavy atom. The van der Waals surface area contributed by atoms with Gasteiger partial charge in [-0.3, -0.25) is 9.59 Å². The summed E-state index contributed by atoms with van der Waals surface area (Å²) in [6.07, 6.45) is -6.57. The number of carbonyl (C=O) groups excluding carboxylic acids is 3. The maximum Gasteiger partial charge on any atom is 0.508 e. The summed E-state index contributed by atoms with van der Waals surface area (Å²) < 4.78 is 53.6. The number of alkyl halides is 2. The van der Waals surface area contributed by atoms with Gasteiger partial charge in [-0.25, -0.2) is 23.1 Å². The van der Waals surface area contributed by atoms with Crippen LogP contribution in [0.15, 0.2) is 18.5 Å². The summed E-state index contributed by atoms with van der Waals surface area (Å²) in [5.74, 6) is -1.35. The van der Waals surface area contributed by atoms with E-state index in [9.17, 15) is 28.4 Å². The van der Waals surface area contributed by atoms with Crippen molar-refractivity contribution in [1.82, 2.24) is 14.6 Å². The highest BCUT2D eigenvalue weighted by molar-refractivity contribution is 5.75. The smallest absolute Gasteiger partial charge is 0.455 e. The third-order valence-corrected chi connectivity index (χ3v) is 6.18. The lowest BCUT2D eigenvalue weighted by atomic mass is 9.86. The van der Waals surface area contributed by atoms with Crippen LogP contribution in [0.3, 0.4) is 0 Å². The first-order valence-electron chi connectivity index (χ1n) is 11.6. The zero-order valence-corrected chi connectivity index (χ0v) is 20.5. The molecule has 4 atom stereocenters. The second-order valence-electron chi connectivity index (χ2n) is 9.66. The van der Waals surface area contributed by atoms with Crippen molar-refractivity contribution in [3.05, 3.63) is 24.2 Å². The molecule has 0 saturated carbocycles. The minimum Gasteiger partial charge on any atom is -0.455 e. The fourth-order valence-electron chi connectivity index (χ4n) is 4.45. The number of nitrogens with zero attached hydrogens (tertiary/aromatic N) is 4. The molecule has 38 heavy (non-hydrogen) atoms. The molecule has 0 unspecified atom stereocenters. The van der Waals surface area contributed by atoms with Gasteiger partial charge in [0, 0.05) is 0 Å². The van der Waals surface area contributed by atoms with Crippen LogP contribution < -0.4 is 5.73 Å². The van der Waals surface area contributed by atoms with E-state index < -0.39 is 73.5 Å². The summed E-state index contributed by atoms with van der Waals surface area (Å²) >= 11 is 0. The van der Waals surface area contributed by atoms with Gasteiger partial charge in [0.15, 0.2) is 24.1 Å². The molecule has 0 spiro atoms. The number of carbonyl (C=O) groups is 3. The van der Waals surface area contributed by atoms with Crippen LogP contribution in [0.5, 0.6) is 0 Å². The maximum atomic E-state index is 12.9. The monoisotopic (exact) mass is 537 g/mol. The van der Waals surface area contributed by atoms with E-state index in [1.165, 1.54) is 16.6 Å². The summed E-state index contributed by atoms with van der Waals surface area (Å²) in [4.78, 5) is 41.7. The highest BCUT2D eigenvalue weighted by Crippen LogP contribution is 2.45. The maximum absolute atomic E-state index is 12.9. The van der Waals surface area contributed by atoms with Crippen molar-refractivity contribution in [3.63, 3.8) is 0 Å². The Kier molecular flexibility index (Phi) is 7.36. The fourth-order valence-corrected chi connectivity index (χ4v) is 4.45. The van der Waals surface area contributed by atoms with Gasteiger partial charge < -0.3 is 29.4 Å². The zero-order chi connectivity index (χ0) is 27.7. The van der Waals surface area contributed by atoms with Gasteiger partial charge in [0.25, 0.3) is 0 Å². The van der Waals surface area contributed by atoms with E-state index in [-0.39, 0.29) is 24.4 Å². The molecule has 204 valence electrons. The van der Waals surface area contributed by atoms with Crippen LogP contribution in [0, 0.1) is 16.7 Å². The van der Waals surface area contributed by atoms with Crippen LogP contribution in [0.1, 0.15) is 32.4 Å². The third kappa shape index (κ3) is 5.03. The number of aromatic nitrogens is 3. The summed E-state index contributed by atoms with van der Waals surface area (Å²) in [6, 6.07) is 4.97. The molecule has 0 radical (unpaired) electrons. The lowest BCUT2D eigenvalue weighted by Gasteiger charge is -2.28. The van der Waals surface area contributed by atoms with E-state index in [1.807, 2.05) is 6.07 Å². The molecule has 2 saturated heterocycles. The van der Waals surface area contributed by atoms with Crippen molar-refractivity contribution in [3.8, 4) is 6.07 Å². The number of hydrogen-bond acceptors (Lipinski definition) is 12. The van der Waals surface area contributed by atoms with E-state index in [0.29, 0.717) is 5.52 Å². The normalized spacial score (nSPS) is 26.9. The van der Waals surface area contributed by atoms with Crippen molar-refractivity contribution in [2.75, 3.05) is 25.7 Å². The Morgan fingerprint density at radius 3 is 2.61 bits per heavy atom. The van der Waals surface area contributed by atoms with Crippen molar-refractivity contribution >= 4 is 29.4 Å². The number of nitrogen functional groups attached to an aromatic ring is 1. The summed E-state index contributed by atoms with van der Waals surface area (Å²) in [5.41, 5.74) is 3.37. The minimum absolute atomic E-state index is 0.0708. The molecular weight excluding hydrogens is 512 g/mol. The number of anilines is 1.